The molecule has 4 aromatic rings. The topological polar surface area (TPSA) is 68.1 Å². The number of fused-ring (bicyclic) bond motifs is 1. The standard InChI is InChI=1S/C25H22N2O4S/c1-4-31-25(30)19-14-20(27-23(29)21(15-26(2)3)32-24(19)27)22(28)18-12-10-17(11-13-18)16-8-6-5-7-9-16/h5-15H,4H2,1-3H3/b21-15-. The van der Waals surface area contributed by atoms with Gasteiger partial charge in [-0.15, -0.1) is 11.3 Å². The van der Waals surface area contributed by atoms with Crippen molar-refractivity contribution in [2.24, 2.45) is 0 Å². The van der Waals surface area contributed by atoms with Crippen LogP contribution in [0.25, 0.3) is 22.2 Å². The van der Waals surface area contributed by atoms with Gasteiger partial charge in [0, 0.05) is 25.9 Å². The summed E-state index contributed by atoms with van der Waals surface area (Å²) in [6.45, 7) is 1.91. The first-order valence-corrected chi connectivity index (χ1v) is 11.0. The zero-order valence-electron chi connectivity index (χ0n) is 18.0. The molecule has 0 saturated carbocycles. The number of ketones is 1. The summed E-state index contributed by atoms with van der Waals surface area (Å²) in [5.41, 5.74) is 2.50. The van der Waals surface area contributed by atoms with Crippen LogP contribution >= 0.6 is 11.3 Å². The number of rotatable bonds is 6. The second kappa shape index (κ2) is 8.80. The van der Waals surface area contributed by atoms with Crippen molar-refractivity contribution >= 4 is 34.1 Å². The molecular weight excluding hydrogens is 424 g/mol. The van der Waals surface area contributed by atoms with Crippen LogP contribution < -0.4 is 10.1 Å². The van der Waals surface area contributed by atoms with Gasteiger partial charge in [0.2, 0.25) is 5.78 Å². The summed E-state index contributed by atoms with van der Waals surface area (Å²) < 4.78 is 6.90. The van der Waals surface area contributed by atoms with Gasteiger partial charge in [-0.1, -0.05) is 54.6 Å². The Labute approximate surface area is 189 Å². The molecule has 0 unspecified atom stereocenters. The molecule has 2 heterocycles. The minimum Gasteiger partial charge on any atom is -0.462 e. The minimum absolute atomic E-state index is 0.148. The number of hydrogen-bond donors (Lipinski definition) is 0. The van der Waals surface area contributed by atoms with Crippen molar-refractivity contribution in [3.63, 3.8) is 0 Å². The third kappa shape index (κ3) is 3.94. The molecule has 0 atom stereocenters. The number of benzene rings is 2. The normalized spacial score (nSPS) is 11.7. The Bertz CT molecular complexity index is 1400. The molecule has 4 rings (SSSR count). The van der Waals surface area contributed by atoms with Gasteiger partial charge in [-0.05, 0) is 24.1 Å². The van der Waals surface area contributed by atoms with Gasteiger partial charge < -0.3 is 9.64 Å². The lowest BCUT2D eigenvalue weighted by Gasteiger charge is -2.04. The van der Waals surface area contributed by atoms with E-state index in [4.69, 9.17) is 4.74 Å². The second-order valence-corrected chi connectivity index (χ2v) is 8.47. The van der Waals surface area contributed by atoms with E-state index in [0.29, 0.717) is 14.9 Å². The number of aromatic nitrogens is 1. The van der Waals surface area contributed by atoms with E-state index in [0.717, 1.165) is 11.1 Å². The fourth-order valence-corrected chi connectivity index (χ4v) is 4.66. The van der Waals surface area contributed by atoms with E-state index in [1.165, 1.54) is 21.8 Å². The fourth-order valence-electron chi connectivity index (χ4n) is 3.48. The molecule has 162 valence electrons. The summed E-state index contributed by atoms with van der Waals surface area (Å²) in [5.74, 6) is -0.886. The number of ether oxygens (including phenoxy) is 1. The van der Waals surface area contributed by atoms with Crippen molar-refractivity contribution in [3.05, 3.63) is 92.4 Å². The maximum atomic E-state index is 13.4. The van der Waals surface area contributed by atoms with Crippen LogP contribution in [0.15, 0.2) is 65.5 Å². The molecule has 0 aliphatic rings. The predicted octanol–water partition coefficient (Wildman–Crippen LogP) is 3.45. The number of nitrogens with zero attached hydrogens (tertiary/aromatic N) is 2. The summed E-state index contributed by atoms with van der Waals surface area (Å²) in [7, 11) is 3.61. The molecule has 0 bridgehead atoms. The first kappa shape index (κ1) is 21.5. The Kier molecular flexibility index (Phi) is 5.92. The van der Waals surface area contributed by atoms with Crippen LogP contribution in [-0.4, -0.2) is 41.8 Å². The summed E-state index contributed by atoms with van der Waals surface area (Å²) in [4.78, 5) is 41.1. The van der Waals surface area contributed by atoms with Crippen LogP contribution in [-0.2, 0) is 4.74 Å². The highest BCUT2D eigenvalue weighted by atomic mass is 32.1. The monoisotopic (exact) mass is 446 g/mol. The molecule has 7 heteroatoms. The molecule has 0 saturated heterocycles. The van der Waals surface area contributed by atoms with Crippen molar-refractivity contribution in [3.8, 4) is 11.1 Å². The molecule has 0 aliphatic carbocycles. The first-order chi connectivity index (χ1) is 15.4. The zero-order chi connectivity index (χ0) is 22.8. The van der Waals surface area contributed by atoms with Crippen LogP contribution in [0, 0.1) is 0 Å². The largest absolute Gasteiger partial charge is 0.462 e. The Balaban J connectivity index is 1.82. The number of carbonyl (C=O) groups is 2. The van der Waals surface area contributed by atoms with Crippen LogP contribution in [0.3, 0.4) is 0 Å². The van der Waals surface area contributed by atoms with Gasteiger partial charge in [-0.3, -0.25) is 14.0 Å². The van der Waals surface area contributed by atoms with E-state index in [9.17, 15) is 14.4 Å². The summed E-state index contributed by atoms with van der Waals surface area (Å²) in [6, 6.07) is 18.5. The van der Waals surface area contributed by atoms with Crippen molar-refractivity contribution in [2.45, 2.75) is 6.92 Å². The van der Waals surface area contributed by atoms with Gasteiger partial charge in [0.15, 0.2) is 0 Å². The van der Waals surface area contributed by atoms with Gasteiger partial charge in [0.05, 0.1) is 17.9 Å². The van der Waals surface area contributed by atoms with E-state index in [2.05, 4.69) is 0 Å². The van der Waals surface area contributed by atoms with E-state index < -0.39 is 5.97 Å². The highest BCUT2D eigenvalue weighted by Gasteiger charge is 2.25. The Hall–Kier alpha value is -3.71. The van der Waals surface area contributed by atoms with Crippen LogP contribution in [0.5, 0.6) is 0 Å². The average Bonchev–Trinajstić information content (AvgIpc) is 3.31. The van der Waals surface area contributed by atoms with Gasteiger partial charge in [-0.25, -0.2) is 4.79 Å². The predicted molar refractivity (Wildman–Crippen MR) is 126 cm³/mol. The molecule has 0 N–H and O–H groups in total. The van der Waals surface area contributed by atoms with Crippen molar-refractivity contribution < 1.29 is 14.3 Å². The number of hydrogen-bond acceptors (Lipinski definition) is 6. The Morgan fingerprint density at radius 3 is 2.31 bits per heavy atom. The smallest absolute Gasteiger partial charge is 0.341 e. The highest BCUT2D eigenvalue weighted by molar-refractivity contribution is 7.15. The van der Waals surface area contributed by atoms with Gasteiger partial charge >= 0.3 is 5.97 Å². The van der Waals surface area contributed by atoms with E-state index in [-0.39, 0.29) is 29.2 Å². The Morgan fingerprint density at radius 2 is 1.69 bits per heavy atom. The average molecular weight is 447 g/mol. The van der Waals surface area contributed by atoms with Crippen LogP contribution in [0.1, 0.15) is 33.3 Å². The lowest BCUT2D eigenvalue weighted by molar-refractivity contribution is 0.0529. The second-order valence-electron chi connectivity index (χ2n) is 7.44. The van der Waals surface area contributed by atoms with Gasteiger partial charge in [0.1, 0.15) is 9.36 Å². The molecule has 0 spiro atoms. The molecular formula is C25H22N2O4S. The fraction of sp³-hybridized carbons (Fsp3) is 0.160. The molecule has 2 aromatic carbocycles. The lowest BCUT2D eigenvalue weighted by atomic mass is 10.0. The van der Waals surface area contributed by atoms with Crippen molar-refractivity contribution in [1.82, 2.24) is 9.30 Å². The lowest BCUT2D eigenvalue weighted by Crippen LogP contribution is -2.27. The molecule has 6 nitrogen and oxygen atoms in total. The number of carbonyl (C=O) groups excluding carboxylic acids is 2. The quantitative estimate of drug-likeness (QED) is 0.335. The van der Waals surface area contributed by atoms with Crippen molar-refractivity contribution in [2.75, 3.05) is 20.7 Å². The maximum Gasteiger partial charge on any atom is 0.341 e. The van der Waals surface area contributed by atoms with E-state index >= 15 is 0 Å². The van der Waals surface area contributed by atoms with Gasteiger partial charge in [-0.2, -0.15) is 0 Å². The summed E-state index contributed by atoms with van der Waals surface area (Å²) in [5, 5.41) is 0. The maximum absolute atomic E-state index is 13.4. The first-order valence-electron chi connectivity index (χ1n) is 10.1. The summed E-state index contributed by atoms with van der Waals surface area (Å²) >= 11 is 1.17. The third-order valence-corrected chi connectivity index (χ3v) is 6.03. The molecule has 0 amide bonds. The Morgan fingerprint density at radius 1 is 1.03 bits per heavy atom. The summed E-state index contributed by atoms with van der Waals surface area (Å²) in [6.07, 6.45) is 1.68. The minimum atomic E-state index is -0.555. The molecule has 32 heavy (non-hydrogen) atoms. The highest BCUT2D eigenvalue weighted by Crippen LogP contribution is 2.24. The van der Waals surface area contributed by atoms with Gasteiger partial charge in [0.25, 0.3) is 5.56 Å². The molecule has 0 radical (unpaired) electrons. The number of esters is 1. The van der Waals surface area contributed by atoms with Crippen LogP contribution in [0.4, 0.5) is 0 Å². The van der Waals surface area contributed by atoms with E-state index in [1.54, 1.807) is 44.3 Å². The SMILES string of the molecule is CCOC(=O)c1cc(C(=O)c2ccc(-c3ccccc3)cc2)n2c(=O)/c(=C/N(C)C)sc12. The van der Waals surface area contributed by atoms with Crippen LogP contribution in [0.2, 0.25) is 0 Å². The molecule has 0 fully saturated rings. The van der Waals surface area contributed by atoms with Crippen molar-refractivity contribution in [1.29, 1.82) is 0 Å². The number of thiazole rings is 1. The molecule has 2 aromatic heterocycles. The zero-order valence-corrected chi connectivity index (χ0v) is 18.8. The third-order valence-electron chi connectivity index (χ3n) is 4.93. The van der Waals surface area contributed by atoms with E-state index in [1.807, 2.05) is 42.5 Å². The molecule has 0 aliphatic heterocycles.